The highest BCUT2D eigenvalue weighted by Crippen LogP contribution is 2.33. The zero-order valence-electron chi connectivity index (χ0n) is 18.0. The molecule has 162 valence electrons. The van der Waals surface area contributed by atoms with Gasteiger partial charge in [0.2, 0.25) is 6.79 Å². The molecule has 5 rings (SSSR count). The Morgan fingerprint density at radius 2 is 1.70 bits per heavy atom. The van der Waals surface area contributed by atoms with Gasteiger partial charge >= 0.3 is 0 Å². The van der Waals surface area contributed by atoms with Gasteiger partial charge in [-0.05, 0) is 49.2 Å². The maximum atomic E-state index is 5.94. The number of aryl methyl sites for hydroxylation is 1. The second kappa shape index (κ2) is 9.00. The van der Waals surface area contributed by atoms with Crippen LogP contribution in [0.2, 0.25) is 0 Å². The minimum absolute atomic E-state index is 0.343. The molecule has 2 fully saturated rings. The van der Waals surface area contributed by atoms with Gasteiger partial charge in [-0.3, -0.25) is 14.7 Å². The van der Waals surface area contributed by atoms with Gasteiger partial charge < -0.3 is 13.9 Å². The third kappa shape index (κ3) is 4.51. The van der Waals surface area contributed by atoms with Crippen molar-refractivity contribution in [3.05, 3.63) is 47.4 Å². The van der Waals surface area contributed by atoms with E-state index in [0.29, 0.717) is 12.8 Å². The van der Waals surface area contributed by atoms with E-state index in [-0.39, 0.29) is 0 Å². The van der Waals surface area contributed by atoms with Crippen LogP contribution in [0.4, 0.5) is 0 Å². The molecule has 1 atom stereocenters. The first-order chi connectivity index (χ1) is 14.8. The zero-order valence-corrected chi connectivity index (χ0v) is 18.0. The van der Waals surface area contributed by atoms with Crippen LogP contribution in [0.3, 0.4) is 0 Å². The van der Waals surface area contributed by atoms with Crippen LogP contribution < -0.4 is 9.47 Å². The van der Waals surface area contributed by atoms with E-state index in [4.69, 9.17) is 13.9 Å². The van der Waals surface area contributed by atoms with Crippen molar-refractivity contribution in [2.45, 2.75) is 45.3 Å². The predicted octanol–water partition coefficient (Wildman–Crippen LogP) is 3.35. The number of ether oxygens (including phenoxy) is 2. The first-order valence-electron chi connectivity index (χ1n) is 11.4. The quantitative estimate of drug-likeness (QED) is 0.726. The Labute approximate surface area is 179 Å². The van der Waals surface area contributed by atoms with E-state index in [9.17, 15) is 0 Å². The summed E-state index contributed by atoms with van der Waals surface area (Å²) in [7, 11) is 0. The summed E-state index contributed by atoms with van der Waals surface area (Å²) < 4.78 is 16.9. The van der Waals surface area contributed by atoms with E-state index in [1.165, 1.54) is 24.9 Å². The summed E-state index contributed by atoms with van der Waals surface area (Å²) in [5.41, 5.74) is 1.31. The Morgan fingerprint density at radius 3 is 2.53 bits per heavy atom. The molecular weight excluding hydrogens is 378 g/mol. The van der Waals surface area contributed by atoms with Crippen molar-refractivity contribution in [3.8, 4) is 11.5 Å². The van der Waals surface area contributed by atoms with Gasteiger partial charge in [-0.2, -0.15) is 0 Å². The number of likely N-dealkylation sites (tertiary alicyclic amines) is 1. The molecule has 1 aromatic carbocycles. The summed E-state index contributed by atoms with van der Waals surface area (Å²) in [5.74, 6) is 3.96. The minimum atomic E-state index is 0.343. The van der Waals surface area contributed by atoms with Crippen LogP contribution in [-0.4, -0.2) is 66.8 Å². The number of rotatable bonds is 6. The van der Waals surface area contributed by atoms with Crippen molar-refractivity contribution in [2.75, 3.05) is 46.1 Å². The summed E-state index contributed by atoms with van der Waals surface area (Å²) in [4.78, 5) is 7.84. The summed E-state index contributed by atoms with van der Waals surface area (Å²) in [5, 5.41) is 0. The van der Waals surface area contributed by atoms with Gasteiger partial charge in [0.25, 0.3) is 0 Å². The Morgan fingerprint density at radius 1 is 0.867 bits per heavy atom. The van der Waals surface area contributed by atoms with Crippen LogP contribution in [0.15, 0.2) is 34.7 Å². The van der Waals surface area contributed by atoms with Gasteiger partial charge in [-0.15, -0.1) is 0 Å². The van der Waals surface area contributed by atoms with Gasteiger partial charge in [0, 0.05) is 51.7 Å². The fourth-order valence-corrected chi connectivity index (χ4v) is 4.97. The van der Waals surface area contributed by atoms with Crippen LogP contribution in [0.1, 0.15) is 36.8 Å². The minimum Gasteiger partial charge on any atom is -0.465 e. The molecule has 0 N–H and O–H groups in total. The van der Waals surface area contributed by atoms with Crippen LogP contribution in [0.25, 0.3) is 0 Å². The average Bonchev–Trinajstić information content (AvgIpc) is 3.43. The molecule has 3 aliphatic rings. The van der Waals surface area contributed by atoms with Gasteiger partial charge in [0.05, 0.1) is 6.54 Å². The van der Waals surface area contributed by atoms with Gasteiger partial charge in [-0.25, -0.2) is 0 Å². The van der Waals surface area contributed by atoms with Gasteiger partial charge in [0.1, 0.15) is 11.5 Å². The molecule has 0 bridgehead atoms. The summed E-state index contributed by atoms with van der Waals surface area (Å²) in [6.45, 7) is 11.3. The lowest BCUT2D eigenvalue weighted by Crippen LogP contribution is -2.54. The Bertz CT molecular complexity index is 844. The maximum Gasteiger partial charge on any atom is 0.231 e. The Hall–Kier alpha value is -2.02. The molecule has 30 heavy (non-hydrogen) atoms. The topological polar surface area (TPSA) is 41.3 Å². The zero-order chi connectivity index (χ0) is 20.3. The lowest BCUT2D eigenvalue weighted by molar-refractivity contribution is 0.0458. The number of benzene rings is 1. The molecule has 6 nitrogen and oxygen atoms in total. The molecule has 2 saturated heterocycles. The normalized spacial score (nSPS) is 23.2. The van der Waals surface area contributed by atoms with Crippen molar-refractivity contribution >= 4 is 0 Å². The number of hydrogen-bond donors (Lipinski definition) is 0. The molecule has 6 heteroatoms. The first kappa shape index (κ1) is 19.9. The molecule has 4 heterocycles. The maximum absolute atomic E-state index is 5.94. The fourth-order valence-electron chi connectivity index (χ4n) is 4.97. The van der Waals surface area contributed by atoms with Crippen LogP contribution in [0, 0.1) is 0 Å². The van der Waals surface area contributed by atoms with Crippen molar-refractivity contribution in [3.63, 3.8) is 0 Å². The molecular formula is C24H33N3O3. The number of nitrogens with zero attached hydrogens (tertiary/aromatic N) is 3. The molecule has 2 aromatic rings. The monoisotopic (exact) mass is 411 g/mol. The van der Waals surface area contributed by atoms with Crippen LogP contribution in [0.5, 0.6) is 11.5 Å². The van der Waals surface area contributed by atoms with E-state index in [0.717, 1.165) is 75.3 Å². The number of hydrogen-bond acceptors (Lipinski definition) is 6. The largest absolute Gasteiger partial charge is 0.465 e. The Balaban J connectivity index is 1.11. The van der Waals surface area contributed by atoms with E-state index in [2.05, 4.69) is 45.9 Å². The molecule has 1 unspecified atom stereocenters. The molecule has 0 aliphatic carbocycles. The predicted molar refractivity (Wildman–Crippen MR) is 116 cm³/mol. The third-order valence-corrected chi connectivity index (χ3v) is 6.69. The van der Waals surface area contributed by atoms with E-state index >= 15 is 0 Å². The first-order valence-corrected chi connectivity index (χ1v) is 11.4. The average molecular weight is 412 g/mol. The second-order valence-electron chi connectivity index (χ2n) is 8.75. The molecule has 3 aliphatic heterocycles. The molecule has 0 radical (unpaired) electrons. The van der Waals surface area contributed by atoms with Crippen molar-refractivity contribution in [1.82, 2.24) is 14.7 Å². The highest BCUT2D eigenvalue weighted by Gasteiger charge is 2.28. The summed E-state index contributed by atoms with van der Waals surface area (Å²) >= 11 is 0. The molecule has 0 saturated carbocycles. The number of piperazine rings is 1. The summed E-state index contributed by atoms with van der Waals surface area (Å²) in [6, 6.07) is 11.3. The van der Waals surface area contributed by atoms with Gasteiger partial charge in [-0.1, -0.05) is 13.0 Å². The highest BCUT2D eigenvalue weighted by atomic mass is 16.7. The lowest BCUT2D eigenvalue weighted by atomic mass is 10.0. The SMILES string of the molecule is CCc1ccc(CN2CCCC(N3CCN(Cc4ccc5c(c4)OCO5)CC3)C2)o1. The molecule has 0 amide bonds. The van der Waals surface area contributed by atoms with Crippen molar-refractivity contribution in [2.24, 2.45) is 0 Å². The summed E-state index contributed by atoms with van der Waals surface area (Å²) in [6.07, 6.45) is 3.57. The third-order valence-electron chi connectivity index (χ3n) is 6.69. The lowest BCUT2D eigenvalue weighted by Gasteiger charge is -2.43. The number of furan rings is 1. The number of fused-ring (bicyclic) bond motifs is 1. The van der Waals surface area contributed by atoms with Crippen LogP contribution in [-0.2, 0) is 19.5 Å². The second-order valence-corrected chi connectivity index (χ2v) is 8.75. The highest BCUT2D eigenvalue weighted by molar-refractivity contribution is 5.44. The van der Waals surface area contributed by atoms with Crippen molar-refractivity contribution in [1.29, 1.82) is 0 Å². The van der Waals surface area contributed by atoms with E-state index in [1.54, 1.807) is 0 Å². The van der Waals surface area contributed by atoms with E-state index < -0.39 is 0 Å². The van der Waals surface area contributed by atoms with Crippen LogP contribution >= 0.6 is 0 Å². The number of piperidine rings is 1. The fraction of sp³-hybridized carbons (Fsp3) is 0.583. The van der Waals surface area contributed by atoms with Gasteiger partial charge in [0.15, 0.2) is 11.5 Å². The Kier molecular flexibility index (Phi) is 5.97. The van der Waals surface area contributed by atoms with E-state index in [1.807, 2.05) is 6.07 Å². The smallest absolute Gasteiger partial charge is 0.231 e. The standard InChI is InChI=1S/C24H33N3O3/c1-2-21-6-7-22(30-21)17-26-9-3-4-20(16-26)27-12-10-25(11-13-27)15-19-5-8-23-24(14-19)29-18-28-23/h5-8,14,20H,2-4,9-13,15-18H2,1H3. The van der Waals surface area contributed by atoms with Crippen molar-refractivity contribution < 1.29 is 13.9 Å². The molecule has 0 spiro atoms. The molecule has 1 aromatic heterocycles.